The van der Waals surface area contributed by atoms with Crippen molar-refractivity contribution in [1.82, 2.24) is 4.98 Å². The van der Waals surface area contributed by atoms with Crippen molar-refractivity contribution >= 4 is 5.78 Å². The predicted molar refractivity (Wildman–Crippen MR) is 58.8 cm³/mol. The van der Waals surface area contributed by atoms with E-state index in [2.05, 4.69) is 4.98 Å². The highest BCUT2D eigenvalue weighted by molar-refractivity contribution is 6.08. The molecule has 2 heteroatoms. The zero-order valence-electron chi connectivity index (χ0n) is 8.47. The van der Waals surface area contributed by atoms with Gasteiger partial charge >= 0.3 is 0 Å². The molecule has 0 bridgehead atoms. The molecule has 0 spiro atoms. The zero-order valence-corrected chi connectivity index (χ0v) is 8.47. The lowest BCUT2D eigenvalue weighted by Gasteiger charge is -2.00. The molecule has 0 N–H and O–H groups in total. The van der Waals surface area contributed by atoms with Crippen molar-refractivity contribution in [3.63, 3.8) is 0 Å². The van der Waals surface area contributed by atoms with E-state index in [1.807, 2.05) is 43.3 Å². The summed E-state index contributed by atoms with van der Waals surface area (Å²) in [5.41, 5.74) is 2.24. The third-order valence-electron chi connectivity index (χ3n) is 2.21. The number of carbonyl (C=O) groups excluding carboxylic acids is 1. The normalized spacial score (nSPS) is 9.93. The fourth-order valence-corrected chi connectivity index (χ4v) is 1.36. The second-order valence-electron chi connectivity index (χ2n) is 3.38. The Morgan fingerprint density at radius 2 is 1.73 bits per heavy atom. The van der Waals surface area contributed by atoms with Gasteiger partial charge in [-0.2, -0.15) is 0 Å². The van der Waals surface area contributed by atoms with Gasteiger partial charge < -0.3 is 0 Å². The van der Waals surface area contributed by atoms with Crippen molar-refractivity contribution in [2.75, 3.05) is 0 Å². The van der Waals surface area contributed by atoms with Gasteiger partial charge in [0.1, 0.15) is 0 Å². The lowest BCUT2D eigenvalue weighted by molar-refractivity contribution is 0.103. The van der Waals surface area contributed by atoms with E-state index in [-0.39, 0.29) is 5.78 Å². The molecule has 0 aliphatic rings. The largest absolute Gasteiger partial charge is 0.289 e. The minimum atomic E-state index is 0.0168. The molecule has 2 nitrogen and oxygen atoms in total. The van der Waals surface area contributed by atoms with Gasteiger partial charge in [-0.1, -0.05) is 30.3 Å². The van der Waals surface area contributed by atoms with Crippen molar-refractivity contribution in [1.29, 1.82) is 0 Å². The van der Waals surface area contributed by atoms with Crippen LogP contribution in [0.15, 0.2) is 48.7 Å². The lowest BCUT2D eigenvalue weighted by Crippen LogP contribution is -2.01. The number of aromatic nitrogens is 1. The Kier molecular flexibility index (Phi) is 2.59. The SMILES string of the molecule is Cc1ccc(C(=O)c2ccccc2)cn1. The third kappa shape index (κ3) is 2.10. The number of ketones is 1. The molecule has 0 aliphatic heterocycles. The average Bonchev–Trinajstić information content (AvgIpc) is 2.30. The minimum Gasteiger partial charge on any atom is -0.289 e. The molecule has 1 heterocycles. The number of benzene rings is 1. The van der Waals surface area contributed by atoms with Gasteiger partial charge in [-0.05, 0) is 19.1 Å². The maximum absolute atomic E-state index is 11.9. The van der Waals surface area contributed by atoms with Crippen LogP contribution >= 0.6 is 0 Å². The van der Waals surface area contributed by atoms with E-state index in [0.717, 1.165) is 5.69 Å². The van der Waals surface area contributed by atoms with E-state index in [1.54, 1.807) is 12.3 Å². The average molecular weight is 197 g/mol. The number of carbonyl (C=O) groups is 1. The highest BCUT2D eigenvalue weighted by Gasteiger charge is 2.07. The molecular formula is C13H11NO. The van der Waals surface area contributed by atoms with Crippen molar-refractivity contribution in [2.24, 2.45) is 0 Å². The molecular weight excluding hydrogens is 186 g/mol. The van der Waals surface area contributed by atoms with Crippen LogP contribution in [0, 0.1) is 6.92 Å². The van der Waals surface area contributed by atoms with Crippen molar-refractivity contribution in [3.8, 4) is 0 Å². The first kappa shape index (κ1) is 9.59. The van der Waals surface area contributed by atoms with E-state index in [9.17, 15) is 4.79 Å². The molecule has 74 valence electrons. The molecule has 0 saturated carbocycles. The molecule has 0 atom stereocenters. The molecule has 2 aromatic rings. The molecule has 0 saturated heterocycles. The summed E-state index contributed by atoms with van der Waals surface area (Å²) in [6.45, 7) is 1.90. The number of rotatable bonds is 2. The predicted octanol–water partition coefficient (Wildman–Crippen LogP) is 2.62. The van der Waals surface area contributed by atoms with Gasteiger partial charge in [-0.3, -0.25) is 9.78 Å². The summed E-state index contributed by atoms with van der Waals surface area (Å²) in [4.78, 5) is 16.0. The fourth-order valence-electron chi connectivity index (χ4n) is 1.36. The van der Waals surface area contributed by atoms with Crippen LogP contribution in [0.5, 0.6) is 0 Å². The van der Waals surface area contributed by atoms with E-state index in [1.165, 1.54) is 0 Å². The number of hydrogen-bond donors (Lipinski definition) is 0. The van der Waals surface area contributed by atoms with Gasteiger partial charge in [0.2, 0.25) is 0 Å². The van der Waals surface area contributed by atoms with Crippen LogP contribution in [-0.2, 0) is 0 Å². The molecule has 0 amide bonds. The van der Waals surface area contributed by atoms with Gasteiger partial charge in [0.15, 0.2) is 5.78 Å². The smallest absolute Gasteiger partial charge is 0.194 e. The summed E-state index contributed by atoms with van der Waals surface area (Å²) >= 11 is 0. The van der Waals surface area contributed by atoms with Crippen molar-refractivity contribution < 1.29 is 4.79 Å². The van der Waals surface area contributed by atoms with Crippen LogP contribution in [0.25, 0.3) is 0 Å². The van der Waals surface area contributed by atoms with Crippen LogP contribution in [0.2, 0.25) is 0 Å². The topological polar surface area (TPSA) is 30.0 Å². The fraction of sp³-hybridized carbons (Fsp3) is 0.0769. The molecule has 0 unspecified atom stereocenters. The highest BCUT2D eigenvalue weighted by atomic mass is 16.1. The summed E-state index contributed by atoms with van der Waals surface area (Å²) in [7, 11) is 0. The Hall–Kier alpha value is -1.96. The number of aryl methyl sites for hydroxylation is 1. The quantitative estimate of drug-likeness (QED) is 0.693. The van der Waals surface area contributed by atoms with Gasteiger partial charge in [-0.15, -0.1) is 0 Å². The Morgan fingerprint density at radius 1 is 1.00 bits per heavy atom. The molecule has 1 aromatic carbocycles. The first-order valence-corrected chi connectivity index (χ1v) is 4.80. The summed E-state index contributed by atoms with van der Waals surface area (Å²) in [5, 5.41) is 0. The Balaban J connectivity index is 2.33. The Labute approximate surface area is 88.6 Å². The minimum absolute atomic E-state index is 0.0168. The molecule has 2 rings (SSSR count). The monoisotopic (exact) mass is 197 g/mol. The third-order valence-corrected chi connectivity index (χ3v) is 2.21. The zero-order chi connectivity index (χ0) is 10.7. The highest BCUT2D eigenvalue weighted by Crippen LogP contribution is 2.08. The molecule has 0 aliphatic carbocycles. The van der Waals surface area contributed by atoms with Gasteiger partial charge in [-0.25, -0.2) is 0 Å². The number of hydrogen-bond acceptors (Lipinski definition) is 2. The first-order valence-electron chi connectivity index (χ1n) is 4.80. The van der Waals surface area contributed by atoms with Crippen LogP contribution in [0.1, 0.15) is 21.6 Å². The number of nitrogens with zero attached hydrogens (tertiary/aromatic N) is 1. The van der Waals surface area contributed by atoms with E-state index >= 15 is 0 Å². The van der Waals surface area contributed by atoms with Gasteiger partial charge in [0.25, 0.3) is 0 Å². The van der Waals surface area contributed by atoms with Crippen LogP contribution in [0.4, 0.5) is 0 Å². The van der Waals surface area contributed by atoms with Crippen LogP contribution in [0.3, 0.4) is 0 Å². The first-order chi connectivity index (χ1) is 7.27. The second-order valence-corrected chi connectivity index (χ2v) is 3.38. The van der Waals surface area contributed by atoms with Crippen molar-refractivity contribution in [2.45, 2.75) is 6.92 Å². The van der Waals surface area contributed by atoms with Crippen LogP contribution in [-0.4, -0.2) is 10.8 Å². The summed E-state index contributed by atoms with van der Waals surface area (Å²) in [5.74, 6) is 0.0168. The van der Waals surface area contributed by atoms with Gasteiger partial charge in [0.05, 0.1) is 0 Å². The maximum atomic E-state index is 11.9. The van der Waals surface area contributed by atoms with Crippen LogP contribution < -0.4 is 0 Å². The molecule has 0 radical (unpaired) electrons. The van der Waals surface area contributed by atoms with E-state index < -0.39 is 0 Å². The Morgan fingerprint density at radius 3 is 2.33 bits per heavy atom. The summed E-state index contributed by atoms with van der Waals surface area (Å²) < 4.78 is 0. The lowest BCUT2D eigenvalue weighted by atomic mass is 10.1. The van der Waals surface area contributed by atoms with Crippen molar-refractivity contribution in [3.05, 3.63) is 65.5 Å². The number of pyridine rings is 1. The summed E-state index contributed by atoms with van der Waals surface area (Å²) in [6, 6.07) is 12.9. The maximum Gasteiger partial charge on any atom is 0.194 e. The van der Waals surface area contributed by atoms with E-state index in [4.69, 9.17) is 0 Å². The van der Waals surface area contributed by atoms with E-state index in [0.29, 0.717) is 11.1 Å². The Bertz CT molecular complexity index is 460. The molecule has 0 fully saturated rings. The molecule has 1 aromatic heterocycles. The molecule has 15 heavy (non-hydrogen) atoms. The summed E-state index contributed by atoms with van der Waals surface area (Å²) in [6.07, 6.45) is 1.62. The van der Waals surface area contributed by atoms with Gasteiger partial charge in [0, 0.05) is 23.0 Å². The second kappa shape index (κ2) is 4.05. The standard InChI is InChI=1S/C13H11NO/c1-10-7-8-12(9-14-10)13(15)11-5-3-2-4-6-11/h2-9H,1H3.